The molecule has 0 bridgehead atoms. The van der Waals surface area contributed by atoms with E-state index in [9.17, 15) is 0 Å². The first-order chi connectivity index (χ1) is 13.9. The zero-order chi connectivity index (χ0) is 23.8. The van der Waals surface area contributed by atoms with Crippen LogP contribution < -0.4 is 0 Å². The Balaban J connectivity index is 2.43. The summed E-state index contributed by atoms with van der Waals surface area (Å²) in [5, 5.41) is 1.51. The van der Waals surface area contributed by atoms with Gasteiger partial charge in [-0.1, -0.05) is 109 Å². The molecule has 0 N–H and O–H groups in total. The number of hydrogen-bond donors (Lipinski definition) is 0. The van der Waals surface area contributed by atoms with Crippen molar-refractivity contribution in [3.05, 3.63) is 0 Å². The van der Waals surface area contributed by atoms with Crippen LogP contribution in [0.5, 0.6) is 0 Å². The smallest absolute Gasteiger partial charge is 0.0130 e. The Hall–Kier alpha value is 0.350. The van der Waals surface area contributed by atoms with E-state index < -0.39 is 0 Å². The molecule has 0 spiro atoms. The van der Waals surface area contributed by atoms with Crippen molar-refractivity contribution in [2.45, 2.75) is 145 Å². The van der Waals surface area contributed by atoms with E-state index in [-0.39, 0.29) is 0 Å². The average molecular weight is 451 g/mol. The molecule has 2 fully saturated rings. The monoisotopic (exact) mass is 450 g/mol. The first kappa shape index (κ1) is 27.6. The second-order valence-electron chi connectivity index (χ2n) is 15.6. The van der Waals surface area contributed by atoms with E-state index in [4.69, 9.17) is 0 Å². The van der Waals surface area contributed by atoms with Crippen LogP contribution in [0.4, 0.5) is 0 Å². The Morgan fingerprint density at radius 1 is 0.484 bits per heavy atom. The second kappa shape index (κ2) is 9.92. The molecule has 2 saturated carbocycles. The normalized spacial score (nSPS) is 31.4. The molecule has 1 heteroatoms. The quantitative estimate of drug-likeness (QED) is 0.410. The third-order valence-corrected chi connectivity index (χ3v) is 11.3. The third-order valence-electron chi connectivity index (χ3n) is 8.64. The van der Waals surface area contributed by atoms with Crippen molar-refractivity contribution in [1.29, 1.82) is 0 Å². The van der Waals surface area contributed by atoms with E-state index in [1.54, 1.807) is 0 Å². The molecule has 6 unspecified atom stereocenters. The lowest BCUT2D eigenvalue weighted by Crippen LogP contribution is -2.47. The van der Waals surface area contributed by atoms with Crippen LogP contribution in [0.2, 0.25) is 0 Å². The van der Waals surface area contributed by atoms with Crippen LogP contribution in [0.25, 0.3) is 0 Å². The van der Waals surface area contributed by atoms with Gasteiger partial charge in [-0.2, -0.15) is 11.8 Å². The van der Waals surface area contributed by atoms with E-state index in [2.05, 4.69) is 94.8 Å². The zero-order valence-corrected chi connectivity index (χ0v) is 24.3. The first-order valence-electron chi connectivity index (χ1n) is 13.6. The fourth-order valence-corrected chi connectivity index (χ4v) is 9.43. The summed E-state index contributed by atoms with van der Waals surface area (Å²) in [5.74, 6) is 3.45. The van der Waals surface area contributed by atoms with Crippen molar-refractivity contribution in [2.24, 2.45) is 45.3 Å². The maximum absolute atomic E-state index is 2.54. The molecule has 184 valence electrons. The maximum atomic E-state index is 2.54. The first-order valence-corrected chi connectivity index (χ1v) is 14.5. The van der Waals surface area contributed by atoms with E-state index in [0.717, 1.165) is 34.2 Å². The van der Waals surface area contributed by atoms with Gasteiger partial charge >= 0.3 is 0 Å². The van der Waals surface area contributed by atoms with Crippen molar-refractivity contribution in [3.63, 3.8) is 0 Å². The molecule has 0 aromatic rings. The molecule has 2 aliphatic carbocycles. The van der Waals surface area contributed by atoms with Gasteiger partial charge in [-0.25, -0.2) is 0 Å². The molecule has 0 radical (unpaired) electrons. The summed E-state index contributed by atoms with van der Waals surface area (Å²) in [6, 6.07) is 0. The molecule has 0 aliphatic heterocycles. The van der Waals surface area contributed by atoms with Crippen molar-refractivity contribution in [1.82, 2.24) is 0 Å². The molecule has 2 aliphatic rings. The highest BCUT2D eigenvalue weighted by Gasteiger charge is 2.48. The largest absolute Gasteiger partial charge is 0.153 e. The minimum absolute atomic E-state index is 0.353. The summed E-state index contributed by atoms with van der Waals surface area (Å²) in [5.41, 5.74) is 1.55. The van der Waals surface area contributed by atoms with E-state index in [1.165, 1.54) is 51.4 Å². The van der Waals surface area contributed by atoms with Crippen LogP contribution in [0.3, 0.4) is 0 Å². The topological polar surface area (TPSA) is 0 Å². The Bertz CT molecular complexity index is 497. The van der Waals surface area contributed by atoms with Crippen molar-refractivity contribution in [3.8, 4) is 0 Å². The molecule has 0 saturated heterocycles. The minimum Gasteiger partial charge on any atom is -0.153 e. The highest BCUT2D eigenvalue weighted by Crippen LogP contribution is 2.56. The molecular formula is C30H58S. The summed E-state index contributed by atoms with van der Waals surface area (Å²) in [6.07, 6.45) is 11.5. The Morgan fingerprint density at radius 2 is 0.774 bits per heavy atom. The standard InChI is InChI=1S/C30H58S/c1-27(2,3)23-19-15-13-17-21(23)25(29(7,8)9)31-26(30(10,11)12)22-18-14-16-20-24(22)28(4,5)6/h21-26H,13-20H2,1-12H3. The van der Waals surface area contributed by atoms with Gasteiger partial charge in [-0.3, -0.25) is 0 Å². The van der Waals surface area contributed by atoms with Crippen molar-refractivity contribution < 1.29 is 0 Å². The van der Waals surface area contributed by atoms with Crippen LogP contribution in [0.15, 0.2) is 0 Å². The van der Waals surface area contributed by atoms with E-state index in [1.807, 2.05) is 0 Å². The van der Waals surface area contributed by atoms with Gasteiger partial charge in [-0.05, 0) is 71.0 Å². The fourth-order valence-electron chi connectivity index (χ4n) is 7.25. The van der Waals surface area contributed by atoms with Crippen LogP contribution in [0, 0.1) is 45.3 Å². The highest BCUT2D eigenvalue weighted by atomic mass is 32.2. The molecule has 0 aromatic carbocycles. The molecule has 0 nitrogen and oxygen atoms in total. The van der Waals surface area contributed by atoms with Gasteiger partial charge in [0.1, 0.15) is 0 Å². The van der Waals surface area contributed by atoms with Gasteiger partial charge in [0.2, 0.25) is 0 Å². The third kappa shape index (κ3) is 7.16. The lowest BCUT2D eigenvalue weighted by atomic mass is 9.62. The summed E-state index contributed by atoms with van der Waals surface area (Å²) < 4.78 is 0. The number of rotatable bonds is 4. The van der Waals surface area contributed by atoms with Crippen molar-refractivity contribution in [2.75, 3.05) is 0 Å². The molecule has 31 heavy (non-hydrogen) atoms. The van der Waals surface area contributed by atoms with Crippen LogP contribution in [-0.2, 0) is 0 Å². The molecule has 0 aromatic heterocycles. The summed E-state index contributed by atoms with van der Waals surface area (Å²) in [7, 11) is 0. The lowest BCUT2D eigenvalue weighted by molar-refractivity contribution is 0.0746. The second-order valence-corrected chi connectivity index (χ2v) is 16.8. The van der Waals surface area contributed by atoms with Gasteiger partial charge in [0.05, 0.1) is 0 Å². The Morgan fingerprint density at radius 3 is 1.03 bits per heavy atom. The SMILES string of the molecule is CC(C)(C)C1CCCCC1C(SC(C1CCCCC1C(C)(C)C)C(C)(C)C)C(C)(C)C. The Kier molecular flexibility index (Phi) is 8.83. The van der Waals surface area contributed by atoms with Gasteiger partial charge in [0, 0.05) is 10.5 Å². The van der Waals surface area contributed by atoms with Crippen LogP contribution in [-0.4, -0.2) is 10.5 Å². The van der Waals surface area contributed by atoms with Crippen molar-refractivity contribution >= 4 is 11.8 Å². The van der Waals surface area contributed by atoms with Gasteiger partial charge in [-0.15, -0.1) is 0 Å². The number of thioether (sulfide) groups is 1. The number of hydrogen-bond acceptors (Lipinski definition) is 1. The molecule has 0 heterocycles. The van der Waals surface area contributed by atoms with Gasteiger partial charge in [0.25, 0.3) is 0 Å². The molecule has 6 atom stereocenters. The maximum Gasteiger partial charge on any atom is 0.0130 e. The molecular weight excluding hydrogens is 392 g/mol. The van der Waals surface area contributed by atoms with E-state index >= 15 is 0 Å². The lowest BCUT2D eigenvalue weighted by Gasteiger charge is -2.53. The summed E-state index contributed by atoms with van der Waals surface area (Å²) in [4.78, 5) is 0. The minimum atomic E-state index is 0.353. The highest BCUT2D eigenvalue weighted by molar-refractivity contribution is 8.00. The zero-order valence-electron chi connectivity index (χ0n) is 23.5. The predicted molar refractivity (Wildman–Crippen MR) is 144 cm³/mol. The molecule has 2 rings (SSSR count). The van der Waals surface area contributed by atoms with Gasteiger partial charge in [0.15, 0.2) is 0 Å². The predicted octanol–water partition coefficient (Wildman–Crippen LogP) is 10.3. The van der Waals surface area contributed by atoms with Crippen LogP contribution >= 0.6 is 11.8 Å². The van der Waals surface area contributed by atoms with Gasteiger partial charge < -0.3 is 0 Å². The Labute approximate surface area is 201 Å². The fraction of sp³-hybridized carbons (Fsp3) is 1.00. The average Bonchev–Trinajstić information content (AvgIpc) is 2.59. The molecule has 0 amide bonds. The summed E-state index contributed by atoms with van der Waals surface area (Å²) >= 11 is 2.46. The van der Waals surface area contributed by atoms with E-state index in [0.29, 0.717) is 21.7 Å². The van der Waals surface area contributed by atoms with Crippen LogP contribution in [0.1, 0.15) is 134 Å². The summed E-state index contributed by atoms with van der Waals surface area (Å²) in [6.45, 7) is 30.3.